The number of hydrogen-bond acceptors (Lipinski definition) is 3. The van der Waals surface area contributed by atoms with Crippen molar-refractivity contribution in [2.75, 3.05) is 0 Å². The molecule has 0 aliphatic heterocycles. The van der Waals surface area contributed by atoms with E-state index in [4.69, 9.17) is 40.6 Å². The van der Waals surface area contributed by atoms with Crippen molar-refractivity contribution in [2.45, 2.75) is 321 Å². The van der Waals surface area contributed by atoms with Gasteiger partial charge < -0.3 is 16.2 Å². The normalized spacial score (nSPS) is 12.1. The van der Waals surface area contributed by atoms with E-state index >= 15 is 0 Å². The maximum absolute atomic E-state index is 7.55. The number of nitrogens with two attached hydrogens (primary N) is 2. The molecule has 0 aromatic heterocycles. The molecule has 0 bridgehead atoms. The average Bonchev–Trinajstić information content (AvgIpc) is 3.20. The average molecular weight is 838 g/mol. The highest BCUT2D eigenvalue weighted by Gasteiger charge is 2.45. The highest BCUT2D eigenvalue weighted by atomic mass is 32.1. The Labute approximate surface area is 370 Å². The molecule has 3 nitrogen and oxygen atoms in total. The standard InChI is InChI=1S/C52H104N2OS2/c1-5-9-13-17-21-25-29-33-37-41-45-51(49(53)56,46-42-38-34-30-26-22-18-14-10-6-2)55-52(50(54)57,47-43-39-35-31-27-23-19-15-11-7-3)48-44-40-36-32-28-24-20-16-12-8-4/h5-48H2,1-4H3,(H2,53,56)(H2,54,57). The van der Waals surface area contributed by atoms with Crippen LogP contribution >= 0.6 is 24.4 Å². The van der Waals surface area contributed by atoms with Gasteiger partial charge in [0.2, 0.25) is 0 Å². The first-order valence-electron chi connectivity index (χ1n) is 26.1. The topological polar surface area (TPSA) is 61.3 Å². The molecule has 0 radical (unpaired) electrons. The zero-order chi connectivity index (χ0) is 42.0. The molecule has 0 spiro atoms. The lowest BCUT2D eigenvalue weighted by molar-refractivity contribution is -0.102. The highest BCUT2D eigenvalue weighted by molar-refractivity contribution is 7.80. The first-order valence-corrected chi connectivity index (χ1v) is 27.0. The van der Waals surface area contributed by atoms with Gasteiger partial charge in [-0.15, -0.1) is 0 Å². The van der Waals surface area contributed by atoms with Crippen LogP contribution in [0.1, 0.15) is 310 Å². The van der Waals surface area contributed by atoms with E-state index in [1.165, 1.54) is 231 Å². The van der Waals surface area contributed by atoms with Crippen LogP contribution in [0.3, 0.4) is 0 Å². The van der Waals surface area contributed by atoms with Gasteiger partial charge in [0.25, 0.3) is 0 Å². The largest absolute Gasteiger partial charge is 0.391 e. The summed E-state index contributed by atoms with van der Waals surface area (Å²) in [5.41, 5.74) is 12.4. The molecule has 0 heterocycles. The first-order chi connectivity index (χ1) is 27.8. The maximum atomic E-state index is 7.55. The van der Waals surface area contributed by atoms with Crippen molar-refractivity contribution in [1.29, 1.82) is 0 Å². The summed E-state index contributed by atoms with van der Waals surface area (Å²) in [5.74, 6) is 0. The summed E-state index contributed by atoms with van der Waals surface area (Å²) in [5, 5.41) is 0. The Bertz CT molecular complexity index is 747. The number of unbranched alkanes of at least 4 members (excludes halogenated alkanes) is 36. The third-order valence-electron chi connectivity index (χ3n) is 13.0. The van der Waals surface area contributed by atoms with Gasteiger partial charge in [0.1, 0.15) is 21.2 Å². The van der Waals surface area contributed by atoms with Gasteiger partial charge in [0.05, 0.1) is 0 Å². The van der Waals surface area contributed by atoms with Crippen LogP contribution in [-0.4, -0.2) is 21.2 Å². The molecule has 0 aliphatic rings. The number of thiocarbonyl (C=S) groups is 2. The Hall–Kier alpha value is -0.260. The molecule has 4 N–H and O–H groups in total. The van der Waals surface area contributed by atoms with Gasteiger partial charge >= 0.3 is 0 Å². The minimum absolute atomic E-state index is 0.543. The molecule has 0 aromatic rings. The van der Waals surface area contributed by atoms with Crippen molar-refractivity contribution in [3.63, 3.8) is 0 Å². The molecule has 0 aliphatic carbocycles. The van der Waals surface area contributed by atoms with Crippen LogP contribution in [0.25, 0.3) is 0 Å². The van der Waals surface area contributed by atoms with Crippen LogP contribution < -0.4 is 11.5 Å². The summed E-state index contributed by atoms with van der Waals surface area (Å²) in [7, 11) is 0. The second-order valence-electron chi connectivity index (χ2n) is 18.5. The van der Waals surface area contributed by atoms with Crippen LogP contribution in [0.5, 0.6) is 0 Å². The van der Waals surface area contributed by atoms with Gasteiger partial charge in [0, 0.05) is 0 Å². The van der Waals surface area contributed by atoms with E-state index in [9.17, 15) is 0 Å². The predicted octanol–water partition coefficient (Wildman–Crippen LogP) is 18.3. The second-order valence-corrected chi connectivity index (χ2v) is 19.4. The van der Waals surface area contributed by atoms with Crippen molar-refractivity contribution in [2.24, 2.45) is 11.5 Å². The third-order valence-corrected chi connectivity index (χ3v) is 13.8. The Morgan fingerprint density at radius 1 is 0.281 bits per heavy atom. The minimum Gasteiger partial charge on any atom is -0.391 e. The molecule has 0 atom stereocenters. The Morgan fingerprint density at radius 3 is 0.561 bits per heavy atom. The van der Waals surface area contributed by atoms with Gasteiger partial charge in [-0.3, -0.25) is 0 Å². The molecule has 0 amide bonds. The van der Waals surface area contributed by atoms with E-state index in [1.807, 2.05) is 0 Å². The number of ether oxygens (including phenoxy) is 1. The summed E-state index contributed by atoms with van der Waals surface area (Å²) in [6, 6.07) is 0. The van der Waals surface area contributed by atoms with Gasteiger partial charge in [-0.25, -0.2) is 0 Å². The quantitative estimate of drug-likeness (QED) is 0.0472. The lowest BCUT2D eigenvalue weighted by atomic mass is 9.84. The second kappa shape index (κ2) is 42.4. The van der Waals surface area contributed by atoms with E-state index in [-0.39, 0.29) is 0 Å². The molecule has 0 saturated carbocycles. The van der Waals surface area contributed by atoms with Crippen LogP contribution in [0.2, 0.25) is 0 Å². The fourth-order valence-corrected chi connectivity index (χ4v) is 9.51. The van der Waals surface area contributed by atoms with Crippen molar-refractivity contribution in [3.8, 4) is 0 Å². The monoisotopic (exact) mass is 837 g/mol. The van der Waals surface area contributed by atoms with Crippen LogP contribution in [0, 0.1) is 0 Å². The molecular formula is C52H104N2OS2. The summed E-state index contributed by atoms with van der Waals surface area (Å²) in [6.07, 6.45) is 56.3. The zero-order valence-corrected chi connectivity index (χ0v) is 41.1. The van der Waals surface area contributed by atoms with E-state index in [0.29, 0.717) is 9.98 Å². The third kappa shape index (κ3) is 33.1. The van der Waals surface area contributed by atoms with Gasteiger partial charge in [0.15, 0.2) is 0 Å². The Balaban J connectivity index is 5.71. The van der Waals surface area contributed by atoms with E-state index in [0.717, 1.165) is 51.4 Å². The first kappa shape index (κ1) is 56.7. The van der Waals surface area contributed by atoms with Crippen LogP contribution in [0.4, 0.5) is 0 Å². The SMILES string of the molecule is CCCCCCCCCCCCC(CCCCCCCCCCCC)(OC(CCCCCCCCCCCC)(CCCCCCCCCCCC)C(N)=S)C(N)=S. The van der Waals surface area contributed by atoms with Gasteiger partial charge in [-0.2, -0.15) is 0 Å². The van der Waals surface area contributed by atoms with E-state index in [2.05, 4.69) is 27.7 Å². The van der Waals surface area contributed by atoms with Crippen molar-refractivity contribution >= 4 is 34.4 Å². The zero-order valence-electron chi connectivity index (χ0n) is 39.5. The van der Waals surface area contributed by atoms with Gasteiger partial charge in [-0.1, -0.05) is 309 Å². The molecule has 5 heteroatoms. The lowest BCUT2D eigenvalue weighted by Gasteiger charge is -2.44. The molecule has 0 unspecified atom stereocenters. The predicted molar refractivity (Wildman–Crippen MR) is 266 cm³/mol. The van der Waals surface area contributed by atoms with Gasteiger partial charge in [-0.05, 0) is 25.7 Å². The summed E-state index contributed by atoms with van der Waals surface area (Å²) >= 11 is 12.1. The van der Waals surface area contributed by atoms with E-state index in [1.54, 1.807) is 0 Å². The summed E-state index contributed by atoms with van der Waals surface area (Å²) in [6.45, 7) is 9.20. The van der Waals surface area contributed by atoms with Crippen LogP contribution in [0.15, 0.2) is 0 Å². The van der Waals surface area contributed by atoms with Crippen LogP contribution in [-0.2, 0) is 4.74 Å². The Kier molecular flexibility index (Phi) is 42.2. The fraction of sp³-hybridized carbons (Fsp3) is 0.962. The molecule has 340 valence electrons. The molecule has 0 fully saturated rings. The van der Waals surface area contributed by atoms with Crippen molar-refractivity contribution in [3.05, 3.63) is 0 Å². The van der Waals surface area contributed by atoms with Crippen molar-refractivity contribution < 1.29 is 4.74 Å². The highest BCUT2D eigenvalue weighted by Crippen LogP contribution is 2.38. The molecule has 57 heavy (non-hydrogen) atoms. The smallest absolute Gasteiger partial charge is 0.119 e. The molecule has 0 saturated heterocycles. The summed E-state index contributed by atoms with van der Waals surface area (Å²) < 4.78 is 7.55. The molecule has 0 aromatic carbocycles. The molecular weight excluding hydrogens is 733 g/mol. The maximum Gasteiger partial charge on any atom is 0.119 e. The van der Waals surface area contributed by atoms with Crippen molar-refractivity contribution in [1.82, 2.24) is 0 Å². The number of hydrogen-bond donors (Lipinski definition) is 2. The summed E-state index contributed by atoms with van der Waals surface area (Å²) in [4.78, 5) is 1.09. The fourth-order valence-electron chi connectivity index (χ4n) is 9.01. The molecule has 0 rings (SSSR count). The Morgan fingerprint density at radius 2 is 0.421 bits per heavy atom. The lowest BCUT2D eigenvalue weighted by Crippen LogP contribution is -2.56. The number of rotatable bonds is 48. The van der Waals surface area contributed by atoms with E-state index < -0.39 is 11.2 Å². The minimum atomic E-state index is -0.629.